The Bertz CT molecular complexity index is 520. The summed E-state index contributed by atoms with van der Waals surface area (Å²) in [5, 5.41) is 29.4. The molecule has 3 N–H and O–H groups in total. The SMILES string of the molecule is C=C1/C(=C\C=C(O)O)CC2N(C)CCC13CCCCC23O. The molecule has 0 aromatic carbocycles. The Balaban J connectivity index is 2.07. The van der Waals surface area contributed by atoms with Gasteiger partial charge in [0.2, 0.25) is 0 Å². The molecule has 21 heavy (non-hydrogen) atoms. The number of likely N-dealkylation sites (tertiary alicyclic amines) is 1. The molecular weight excluding hydrogens is 266 g/mol. The summed E-state index contributed by atoms with van der Waals surface area (Å²) in [5.74, 6) is -0.684. The number of likely N-dealkylation sites (N-methyl/N-ethyl adjacent to an activating group) is 1. The topological polar surface area (TPSA) is 63.9 Å². The molecule has 4 heteroatoms. The summed E-state index contributed by atoms with van der Waals surface area (Å²) < 4.78 is 0. The van der Waals surface area contributed by atoms with Gasteiger partial charge in [-0.15, -0.1) is 0 Å². The largest absolute Gasteiger partial charge is 0.481 e. The van der Waals surface area contributed by atoms with Crippen molar-refractivity contribution in [2.24, 2.45) is 5.41 Å². The van der Waals surface area contributed by atoms with Gasteiger partial charge in [0.25, 0.3) is 5.95 Å². The monoisotopic (exact) mass is 291 g/mol. The zero-order chi connectivity index (χ0) is 15.3. The molecule has 116 valence electrons. The number of hydrogen-bond acceptors (Lipinski definition) is 4. The van der Waals surface area contributed by atoms with Crippen LogP contribution < -0.4 is 0 Å². The lowest BCUT2D eigenvalue weighted by Gasteiger charge is -2.64. The van der Waals surface area contributed by atoms with Crippen molar-refractivity contribution in [1.29, 1.82) is 0 Å². The summed E-state index contributed by atoms with van der Waals surface area (Å²) >= 11 is 0. The summed E-state index contributed by atoms with van der Waals surface area (Å²) in [6.45, 7) is 5.29. The Morgan fingerprint density at radius 2 is 2.00 bits per heavy atom. The Kier molecular flexibility index (Phi) is 3.41. The van der Waals surface area contributed by atoms with Gasteiger partial charge in [0.05, 0.1) is 5.60 Å². The van der Waals surface area contributed by atoms with Crippen LogP contribution in [0.2, 0.25) is 0 Å². The van der Waals surface area contributed by atoms with Crippen LogP contribution in [0.4, 0.5) is 0 Å². The standard InChI is InChI=1S/C17H25NO3/c1-12-13(5-6-15(19)20)11-14-17(21)8-4-3-7-16(12,17)9-10-18(14)2/h5-6,14,19-21H,1,3-4,7-11H2,2H3/b13-5-. The van der Waals surface area contributed by atoms with E-state index in [1.165, 1.54) is 6.08 Å². The molecule has 0 spiro atoms. The summed E-state index contributed by atoms with van der Waals surface area (Å²) in [6, 6.07) is 0.0949. The molecule has 3 unspecified atom stereocenters. The molecule has 2 bridgehead atoms. The number of nitrogens with zero attached hydrogens (tertiary/aromatic N) is 1. The van der Waals surface area contributed by atoms with Gasteiger partial charge >= 0.3 is 0 Å². The highest BCUT2D eigenvalue weighted by Gasteiger charge is 2.63. The zero-order valence-electron chi connectivity index (χ0n) is 12.7. The molecule has 2 aliphatic carbocycles. The fourth-order valence-corrected chi connectivity index (χ4v) is 4.86. The molecule has 0 aromatic rings. The molecule has 0 radical (unpaired) electrons. The molecule has 2 saturated carbocycles. The average molecular weight is 291 g/mol. The van der Waals surface area contributed by atoms with Crippen LogP contribution in [0.5, 0.6) is 0 Å². The molecular formula is C17H25NO3. The molecule has 3 fully saturated rings. The van der Waals surface area contributed by atoms with E-state index < -0.39 is 11.5 Å². The fraction of sp³-hybridized carbons (Fsp3) is 0.647. The van der Waals surface area contributed by atoms with Gasteiger partial charge in [0.1, 0.15) is 0 Å². The number of allylic oxidation sites excluding steroid dienone is 2. The predicted octanol–water partition coefficient (Wildman–Crippen LogP) is 2.83. The van der Waals surface area contributed by atoms with Gasteiger partial charge in [-0.05, 0) is 50.4 Å². The van der Waals surface area contributed by atoms with Crippen molar-refractivity contribution in [3.05, 3.63) is 35.8 Å². The lowest BCUT2D eigenvalue weighted by atomic mass is 9.49. The van der Waals surface area contributed by atoms with E-state index >= 15 is 0 Å². The summed E-state index contributed by atoms with van der Waals surface area (Å²) in [6.07, 6.45) is 8.74. The number of rotatable bonds is 1. The van der Waals surface area contributed by atoms with Gasteiger partial charge in [-0.3, -0.25) is 0 Å². The van der Waals surface area contributed by atoms with Crippen LogP contribution in [0, 0.1) is 5.41 Å². The second kappa shape index (κ2) is 4.89. The van der Waals surface area contributed by atoms with Gasteiger partial charge in [0.15, 0.2) is 0 Å². The quantitative estimate of drug-likeness (QED) is 0.650. The molecule has 1 saturated heterocycles. The minimum absolute atomic E-state index is 0.0949. The van der Waals surface area contributed by atoms with Gasteiger partial charge < -0.3 is 20.2 Å². The van der Waals surface area contributed by atoms with Crippen LogP contribution in [0.15, 0.2) is 35.8 Å². The third kappa shape index (κ3) is 1.96. The van der Waals surface area contributed by atoms with Crippen LogP contribution in [-0.4, -0.2) is 45.5 Å². The van der Waals surface area contributed by atoms with E-state index in [9.17, 15) is 5.11 Å². The maximum Gasteiger partial charge on any atom is 0.274 e. The van der Waals surface area contributed by atoms with E-state index in [4.69, 9.17) is 10.2 Å². The second-order valence-electron chi connectivity index (χ2n) is 6.86. The van der Waals surface area contributed by atoms with E-state index in [2.05, 4.69) is 18.5 Å². The van der Waals surface area contributed by atoms with Crippen LogP contribution in [-0.2, 0) is 0 Å². The Morgan fingerprint density at radius 3 is 2.71 bits per heavy atom. The number of hydrogen-bond donors (Lipinski definition) is 3. The van der Waals surface area contributed by atoms with Gasteiger partial charge in [0, 0.05) is 17.5 Å². The third-order valence-corrected chi connectivity index (χ3v) is 6.03. The van der Waals surface area contributed by atoms with Crippen molar-refractivity contribution in [3.63, 3.8) is 0 Å². The second-order valence-corrected chi connectivity index (χ2v) is 6.86. The number of piperidine rings is 1. The lowest BCUT2D eigenvalue weighted by molar-refractivity contribution is -0.181. The normalized spacial score (nSPS) is 41.7. The fourth-order valence-electron chi connectivity index (χ4n) is 4.86. The smallest absolute Gasteiger partial charge is 0.274 e. The zero-order valence-corrected chi connectivity index (χ0v) is 12.7. The molecule has 1 aliphatic heterocycles. The van der Waals surface area contributed by atoms with Crippen molar-refractivity contribution >= 4 is 0 Å². The first kappa shape index (κ1) is 14.7. The molecule has 3 aliphatic rings. The Labute approximate surface area is 126 Å². The first-order chi connectivity index (χ1) is 9.91. The maximum absolute atomic E-state index is 11.5. The van der Waals surface area contributed by atoms with Crippen LogP contribution >= 0.6 is 0 Å². The summed E-state index contributed by atoms with van der Waals surface area (Å²) in [4.78, 5) is 2.26. The average Bonchev–Trinajstić information content (AvgIpc) is 2.44. The highest BCUT2D eigenvalue weighted by atomic mass is 16.5. The van der Waals surface area contributed by atoms with E-state index in [1.807, 2.05) is 0 Å². The summed E-state index contributed by atoms with van der Waals surface area (Å²) in [7, 11) is 2.08. The van der Waals surface area contributed by atoms with Crippen molar-refractivity contribution in [1.82, 2.24) is 4.90 Å². The van der Waals surface area contributed by atoms with Crippen molar-refractivity contribution in [2.75, 3.05) is 13.6 Å². The molecule has 4 nitrogen and oxygen atoms in total. The molecule has 3 rings (SSSR count). The van der Waals surface area contributed by atoms with E-state index in [-0.39, 0.29) is 11.5 Å². The van der Waals surface area contributed by atoms with Gasteiger partial charge in [-0.2, -0.15) is 0 Å². The first-order valence-electron chi connectivity index (χ1n) is 7.82. The van der Waals surface area contributed by atoms with Crippen LogP contribution in [0.1, 0.15) is 38.5 Å². The van der Waals surface area contributed by atoms with E-state index in [1.54, 1.807) is 6.08 Å². The van der Waals surface area contributed by atoms with Crippen molar-refractivity contribution < 1.29 is 15.3 Å². The molecule has 1 heterocycles. The molecule has 0 aromatic heterocycles. The lowest BCUT2D eigenvalue weighted by Crippen LogP contribution is -2.69. The molecule has 0 amide bonds. The van der Waals surface area contributed by atoms with Crippen molar-refractivity contribution in [2.45, 2.75) is 50.2 Å². The van der Waals surface area contributed by atoms with E-state index in [0.29, 0.717) is 0 Å². The maximum atomic E-state index is 11.5. The number of aliphatic hydroxyl groups excluding tert-OH is 1. The van der Waals surface area contributed by atoms with Crippen LogP contribution in [0.3, 0.4) is 0 Å². The summed E-state index contributed by atoms with van der Waals surface area (Å²) in [5.41, 5.74) is 1.13. The van der Waals surface area contributed by atoms with E-state index in [0.717, 1.165) is 56.2 Å². The molecule has 3 atom stereocenters. The Morgan fingerprint density at radius 1 is 1.29 bits per heavy atom. The van der Waals surface area contributed by atoms with Crippen molar-refractivity contribution in [3.8, 4) is 0 Å². The van der Waals surface area contributed by atoms with Gasteiger partial charge in [-0.1, -0.05) is 25.5 Å². The van der Waals surface area contributed by atoms with Gasteiger partial charge in [-0.25, -0.2) is 0 Å². The highest BCUT2D eigenvalue weighted by molar-refractivity contribution is 5.46. The third-order valence-electron chi connectivity index (χ3n) is 6.03. The minimum Gasteiger partial charge on any atom is -0.481 e. The highest BCUT2D eigenvalue weighted by Crippen LogP contribution is 2.61. The first-order valence-corrected chi connectivity index (χ1v) is 7.82. The minimum atomic E-state index is -0.684. The Hall–Kier alpha value is -1.26. The number of aliphatic hydroxyl groups is 3. The predicted molar refractivity (Wildman–Crippen MR) is 82.1 cm³/mol. The van der Waals surface area contributed by atoms with Crippen LogP contribution in [0.25, 0.3) is 0 Å².